The minimum absolute atomic E-state index is 0.0633. The molecule has 2 aromatic carbocycles. The van der Waals surface area contributed by atoms with Crippen molar-refractivity contribution in [1.82, 2.24) is 15.0 Å². The number of halogens is 4. The predicted octanol–water partition coefficient (Wildman–Crippen LogP) is 5.20. The molecule has 2 N–H and O–H groups in total. The Bertz CT molecular complexity index is 1410. The largest absolute Gasteiger partial charge is 0.435 e. The molecule has 7 nitrogen and oxygen atoms in total. The molecule has 0 saturated heterocycles. The van der Waals surface area contributed by atoms with Crippen molar-refractivity contribution in [3.8, 4) is 22.9 Å². The first-order chi connectivity index (χ1) is 16.9. The maximum atomic E-state index is 14.8. The minimum Gasteiger partial charge on any atom is -0.435 e. The van der Waals surface area contributed by atoms with Crippen molar-refractivity contribution in [2.24, 2.45) is 0 Å². The van der Waals surface area contributed by atoms with Crippen LogP contribution in [0.25, 0.3) is 11.3 Å². The van der Waals surface area contributed by atoms with Gasteiger partial charge in [0.25, 0.3) is 0 Å². The van der Waals surface area contributed by atoms with E-state index in [0.29, 0.717) is 23.3 Å². The van der Waals surface area contributed by atoms with E-state index in [1.165, 1.54) is 30.6 Å². The molecule has 4 aromatic rings. The summed E-state index contributed by atoms with van der Waals surface area (Å²) in [7, 11) is -0.523. The molecule has 0 bridgehead atoms. The lowest BCUT2D eigenvalue weighted by Crippen LogP contribution is -2.12. The lowest BCUT2D eigenvalue weighted by molar-refractivity contribution is 0.401. The fourth-order valence-corrected chi connectivity index (χ4v) is 4.05. The number of pyridine rings is 1. The molecule has 0 saturated carbocycles. The molecule has 4 rings (SSSR count). The maximum Gasteiger partial charge on any atom is 0.228 e. The molecule has 0 spiro atoms. The zero-order valence-electron chi connectivity index (χ0n) is 18.1. The van der Waals surface area contributed by atoms with Gasteiger partial charge >= 0.3 is 0 Å². The summed E-state index contributed by atoms with van der Waals surface area (Å²) in [6, 6.07) is 10.8. The van der Waals surface area contributed by atoms with Crippen molar-refractivity contribution in [1.29, 1.82) is 0 Å². The number of rotatable bonds is 8. The second-order valence-electron chi connectivity index (χ2n) is 7.02. The molecule has 0 aliphatic carbocycles. The predicted molar refractivity (Wildman–Crippen MR) is 123 cm³/mol. The Hall–Kier alpha value is -4.06. The van der Waals surface area contributed by atoms with Crippen LogP contribution in [0.3, 0.4) is 0 Å². The van der Waals surface area contributed by atoms with Gasteiger partial charge in [0.2, 0.25) is 17.6 Å². The highest BCUT2D eigenvalue weighted by atomic mass is 32.2. The molecule has 1 atom stereocenters. The molecule has 2 heterocycles. The van der Waals surface area contributed by atoms with E-state index < -0.39 is 51.4 Å². The third-order valence-electron chi connectivity index (χ3n) is 4.72. The van der Waals surface area contributed by atoms with Crippen LogP contribution in [-0.4, -0.2) is 26.2 Å². The number of aromatic nitrogens is 3. The summed E-state index contributed by atoms with van der Waals surface area (Å²) >= 11 is 0. The lowest BCUT2D eigenvalue weighted by atomic mass is 10.2. The Labute approximate surface area is 199 Å². The van der Waals surface area contributed by atoms with Crippen molar-refractivity contribution < 1.29 is 26.5 Å². The number of benzene rings is 2. The van der Waals surface area contributed by atoms with Crippen LogP contribution >= 0.6 is 0 Å². The van der Waals surface area contributed by atoms with Gasteiger partial charge in [0.1, 0.15) is 22.5 Å². The Morgan fingerprint density at radius 3 is 2.51 bits per heavy atom. The van der Waals surface area contributed by atoms with Gasteiger partial charge in [-0.25, -0.2) is 32.3 Å². The standard InChI is InChI=1S/C23H17F4N5O2S/c1-28-23-30-10-8-17(31-23)14-6-4-9-29-22(14)34-18-11-16(25)21(20(27)19(18)26)32-35(33)12-13-5-2-3-7-15(13)24/h2-11,32H,12H2,1H3,(H,28,30,31). The quantitative estimate of drug-likeness (QED) is 0.254. The van der Waals surface area contributed by atoms with Gasteiger partial charge in [-0.2, -0.15) is 4.39 Å². The van der Waals surface area contributed by atoms with E-state index in [2.05, 4.69) is 25.0 Å². The zero-order chi connectivity index (χ0) is 24.9. The van der Waals surface area contributed by atoms with Gasteiger partial charge in [0, 0.05) is 31.1 Å². The van der Waals surface area contributed by atoms with E-state index in [4.69, 9.17) is 4.74 Å². The molecule has 0 radical (unpaired) electrons. The Balaban J connectivity index is 1.60. The fourth-order valence-electron chi connectivity index (χ4n) is 3.05. The summed E-state index contributed by atoms with van der Waals surface area (Å²) in [5, 5.41) is 2.78. The summed E-state index contributed by atoms with van der Waals surface area (Å²) in [4.78, 5) is 12.3. The van der Waals surface area contributed by atoms with Crippen LogP contribution < -0.4 is 14.8 Å². The molecule has 12 heteroatoms. The van der Waals surface area contributed by atoms with Gasteiger partial charge in [0.05, 0.1) is 17.0 Å². The van der Waals surface area contributed by atoms with E-state index in [1.54, 1.807) is 25.2 Å². The molecule has 0 amide bonds. The number of anilines is 2. The first-order valence-corrected chi connectivity index (χ1v) is 11.4. The second kappa shape index (κ2) is 10.5. The van der Waals surface area contributed by atoms with Crippen LogP contribution in [0.15, 0.2) is 60.9 Å². The number of hydrogen-bond donors (Lipinski definition) is 2. The van der Waals surface area contributed by atoms with Crippen molar-refractivity contribution in [2.45, 2.75) is 5.75 Å². The van der Waals surface area contributed by atoms with Crippen LogP contribution in [0, 0.1) is 23.3 Å². The molecule has 35 heavy (non-hydrogen) atoms. The highest BCUT2D eigenvalue weighted by Gasteiger charge is 2.23. The normalized spacial score (nSPS) is 11.7. The van der Waals surface area contributed by atoms with Crippen LogP contribution in [0.1, 0.15) is 5.56 Å². The zero-order valence-corrected chi connectivity index (χ0v) is 18.9. The van der Waals surface area contributed by atoms with E-state index in [9.17, 15) is 21.8 Å². The average molecular weight is 503 g/mol. The summed E-state index contributed by atoms with van der Waals surface area (Å²) in [5.74, 6) is -6.11. The Morgan fingerprint density at radius 1 is 0.943 bits per heavy atom. The van der Waals surface area contributed by atoms with E-state index in [1.807, 2.05) is 0 Å². The van der Waals surface area contributed by atoms with Crippen molar-refractivity contribution >= 4 is 22.6 Å². The first kappa shape index (κ1) is 24.1. The summed E-state index contributed by atoms with van der Waals surface area (Å²) in [5.41, 5.74) is -0.218. The molecule has 0 fully saturated rings. The molecule has 1 unspecified atom stereocenters. The van der Waals surface area contributed by atoms with Gasteiger partial charge in [-0.05, 0) is 24.3 Å². The van der Waals surface area contributed by atoms with Crippen molar-refractivity contribution in [3.05, 3.63) is 89.8 Å². The minimum atomic E-state index is -2.15. The van der Waals surface area contributed by atoms with Crippen molar-refractivity contribution in [2.75, 3.05) is 17.1 Å². The second-order valence-corrected chi connectivity index (χ2v) is 8.20. The number of hydrogen-bond acceptors (Lipinski definition) is 6. The topological polar surface area (TPSA) is 89.0 Å². The van der Waals surface area contributed by atoms with Crippen LogP contribution in [0.4, 0.5) is 29.2 Å². The highest BCUT2D eigenvalue weighted by molar-refractivity contribution is 7.85. The van der Waals surface area contributed by atoms with Crippen LogP contribution in [0.5, 0.6) is 11.6 Å². The summed E-state index contributed by atoms with van der Waals surface area (Å²) in [6.45, 7) is 0. The van der Waals surface area contributed by atoms with Crippen LogP contribution in [0.2, 0.25) is 0 Å². The van der Waals surface area contributed by atoms with Gasteiger partial charge in [-0.1, -0.05) is 18.2 Å². The van der Waals surface area contributed by atoms with Gasteiger partial charge in [0.15, 0.2) is 17.4 Å². The maximum absolute atomic E-state index is 14.8. The number of ether oxygens (including phenoxy) is 1. The van der Waals surface area contributed by atoms with Gasteiger partial charge < -0.3 is 10.1 Å². The van der Waals surface area contributed by atoms with Gasteiger partial charge in [-0.3, -0.25) is 4.72 Å². The Morgan fingerprint density at radius 2 is 1.74 bits per heavy atom. The SMILES string of the molecule is CNc1nccc(-c2cccnc2Oc2cc(F)c(NS(=O)Cc3ccccc3F)c(F)c2F)n1. The highest BCUT2D eigenvalue weighted by Crippen LogP contribution is 2.35. The third-order valence-corrected chi connectivity index (χ3v) is 5.72. The monoisotopic (exact) mass is 503 g/mol. The number of nitrogens with zero attached hydrogens (tertiary/aromatic N) is 3. The summed E-state index contributed by atoms with van der Waals surface area (Å²) in [6.07, 6.45) is 2.83. The smallest absolute Gasteiger partial charge is 0.228 e. The van der Waals surface area contributed by atoms with Crippen molar-refractivity contribution in [3.63, 3.8) is 0 Å². The molecule has 0 aliphatic heterocycles. The van der Waals surface area contributed by atoms with E-state index >= 15 is 0 Å². The fraction of sp³-hybridized carbons (Fsp3) is 0.0870. The van der Waals surface area contributed by atoms with Gasteiger partial charge in [-0.15, -0.1) is 0 Å². The Kier molecular flexibility index (Phi) is 7.20. The molecular weight excluding hydrogens is 486 g/mol. The first-order valence-electron chi connectivity index (χ1n) is 10.1. The molecule has 2 aromatic heterocycles. The average Bonchev–Trinajstić information content (AvgIpc) is 2.87. The van der Waals surface area contributed by atoms with E-state index in [0.717, 1.165) is 6.07 Å². The number of nitrogens with one attached hydrogen (secondary N) is 2. The molecule has 0 aliphatic rings. The lowest BCUT2D eigenvalue weighted by Gasteiger charge is -2.14. The molecular formula is C23H17F4N5O2S. The van der Waals surface area contributed by atoms with Crippen LogP contribution in [-0.2, 0) is 16.7 Å². The van der Waals surface area contributed by atoms with E-state index in [-0.39, 0.29) is 11.4 Å². The summed E-state index contributed by atoms with van der Waals surface area (Å²) < 4.78 is 77.7. The molecule has 180 valence electrons. The third kappa shape index (κ3) is 5.38.